The van der Waals surface area contributed by atoms with Crippen molar-refractivity contribution >= 4 is 17.2 Å². The second-order valence-electron chi connectivity index (χ2n) is 7.69. The van der Waals surface area contributed by atoms with Crippen molar-refractivity contribution in [3.63, 3.8) is 0 Å². The van der Waals surface area contributed by atoms with Crippen LogP contribution in [0.2, 0.25) is 0 Å². The molecule has 0 unspecified atom stereocenters. The fraction of sp³-hybridized carbons (Fsp3) is 0.360. The molecular formula is C25H31N3O. The number of aromatic nitrogens is 1. The number of benzene rings is 1. The molecule has 0 spiro atoms. The lowest BCUT2D eigenvalue weighted by Crippen LogP contribution is -2.34. The maximum absolute atomic E-state index is 13.0. The Kier molecular flexibility index (Phi) is 6.65. The predicted molar refractivity (Wildman–Crippen MR) is 121 cm³/mol. The van der Waals surface area contributed by atoms with Crippen molar-refractivity contribution in [1.82, 2.24) is 10.3 Å². The number of pyridine rings is 1. The van der Waals surface area contributed by atoms with E-state index in [-0.39, 0.29) is 5.78 Å². The van der Waals surface area contributed by atoms with Gasteiger partial charge in [0.1, 0.15) is 5.82 Å². The van der Waals surface area contributed by atoms with E-state index >= 15 is 0 Å². The van der Waals surface area contributed by atoms with Crippen molar-refractivity contribution in [2.24, 2.45) is 0 Å². The van der Waals surface area contributed by atoms with Gasteiger partial charge in [-0.15, -0.1) is 0 Å². The summed E-state index contributed by atoms with van der Waals surface area (Å²) in [5.74, 6) is 0.496. The summed E-state index contributed by atoms with van der Waals surface area (Å²) in [7, 11) is 0. The molecule has 0 saturated heterocycles. The van der Waals surface area contributed by atoms with Crippen molar-refractivity contribution in [2.75, 3.05) is 12.3 Å². The first kappa shape index (κ1) is 21.0. The van der Waals surface area contributed by atoms with E-state index in [0.29, 0.717) is 24.0 Å². The molecule has 1 aromatic heterocycles. The summed E-state index contributed by atoms with van der Waals surface area (Å²) in [6, 6.07) is 8.61. The fourth-order valence-corrected chi connectivity index (χ4v) is 4.23. The smallest absolute Gasteiger partial charge is 0.177 e. The van der Waals surface area contributed by atoms with E-state index < -0.39 is 0 Å². The first-order chi connectivity index (χ1) is 14.0. The number of Topliss-reactive ketones (excluding diaryl/α,β-unsaturated/α-hetero) is 1. The van der Waals surface area contributed by atoms with Gasteiger partial charge in [0.15, 0.2) is 5.78 Å². The number of carbonyl (C=O) groups excluding carboxylic acids is 1. The van der Waals surface area contributed by atoms with Crippen LogP contribution in [0.4, 0.5) is 5.82 Å². The molecule has 0 bridgehead atoms. The van der Waals surface area contributed by atoms with E-state index in [1.165, 1.54) is 22.3 Å². The van der Waals surface area contributed by atoms with Gasteiger partial charge < -0.3 is 11.1 Å². The molecule has 1 aromatic carbocycles. The van der Waals surface area contributed by atoms with E-state index in [9.17, 15) is 4.79 Å². The van der Waals surface area contributed by atoms with E-state index in [1.807, 2.05) is 13.0 Å². The third-order valence-corrected chi connectivity index (χ3v) is 5.75. The molecule has 0 amide bonds. The zero-order valence-electron chi connectivity index (χ0n) is 17.7. The first-order valence-corrected chi connectivity index (χ1v) is 10.4. The molecule has 1 aliphatic carbocycles. The second-order valence-corrected chi connectivity index (χ2v) is 7.69. The molecule has 3 rings (SSSR count). The van der Waals surface area contributed by atoms with E-state index in [0.717, 1.165) is 36.9 Å². The summed E-state index contributed by atoms with van der Waals surface area (Å²) in [5.41, 5.74) is 13.7. The van der Waals surface area contributed by atoms with Crippen molar-refractivity contribution in [3.8, 4) is 0 Å². The molecule has 4 heteroatoms. The van der Waals surface area contributed by atoms with Crippen LogP contribution in [-0.4, -0.2) is 23.4 Å². The van der Waals surface area contributed by atoms with Crippen LogP contribution in [0.1, 0.15) is 47.4 Å². The third kappa shape index (κ3) is 4.65. The average Bonchev–Trinajstić information content (AvgIpc) is 3.11. The van der Waals surface area contributed by atoms with Gasteiger partial charge in [-0.1, -0.05) is 44.7 Å². The van der Waals surface area contributed by atoms with Gasteiger partial charge >= 0.3 is 0 Å². The third-order valence-electron chi connectivity index (χ3n) is 5.75. The quantitative estimate of drug-likeness (QED) is 0.529. The minimum Gasteiger partial charge on any atom is -0.384 e. The molecule has 2 aromatic rings. The fourth-order valence-electron chi connectivity index (χ4n) is 4.23. The highest BCUT2D eigenvalue weighted by molar-refractivity contribution is 6.22. The number of nitrogen functional groups attached to an aromatic ring is 1. The minimum absolute atomic E-state index is 0.0408. The molecular weight excluding hydrogens is 358 g/mol. The lowest BCUT2D eigenvalue weighted by Gasteiger charge is -2.14. The number of anilines is 1. The van der Waals surface area contributed by atoms with Crippen LogP contribution in [0.15, 0.2) is 43.0 Å². The van der Waals surface area contributed by atoms with Gasteiger partial charge in [0.25, 0.3) is 0 Å². The number of aryl methyl sites for hydroxylation is 3. The van der Waals surface area contributed by atoms with E-state index in [2.05, 4.69) is 42.9 Å². The van der Waals surface area contributed by atoms with Crippen molar-refractivity contribution < 1.29 is 4.79 Å². The van der Waals surface area contributed by atoms with Gasteiger partial charge in [0, 0.05) is 22.9 Å². The molecule has 0 radical (unpaired) electrons. The van der Waals surface area contributed by atoms with Crippen molar-refractivity contribution in [1.29, 1.82) is 0 Å². The molecule has 0 fully saturated rings. The summed E-state index contributed by atoms with van der Waals surface area (Å²) >= 11 is 0. The summed E-state index contributed by atoms with van der Waals surface area (Å²) in [4.78, 5) is 17.3. The zero-order valence-corrected chi connectivity index (χ0v) is 17.7. The van der Waals surface area contributed by atoms with Gasteiger partial charge in [0.2, 0.25) is 0 Å². The highest BCUT2D eigenvalue weighted by Crippen LogP contribution is 2.27. The van der Waals surface area contributed by atoms with Gasteiger partial charge in [-0.05, 0) is 67.0 Å². The number of hydrogen-bond acceptors (Lipinski definition) is 4. The topological polar surface area (TPSA) is 68.0 Å². The van der Waals surface area contributed by atoms with Crippen LogP contribution >= 0.6 is 0 Å². The Hall–Kier alpha value is -2.72. The van der Waals surface area contributed by atoms with Crippen LogP contribution < -0.4 is 11.1 Å². The molecule has 0 aliphatic heterocycles. The number of carbonyl (C=O) groups is 1. The number of nitrogens with zero attached hydrogens (tertiary/aromatic N) is 1. The Labute approximate surface area is 173 Å². The molecule has 0 atom stereocenters. The predicted octanol–water partition coefficient (Wildman–Crippen LogP) is 3.99. The number of fused-ring (bicyclic) bond motifs is 1. The monoisotopic (exact) mass is 389 g/mol. The number of allylic oxidation sites excluding steroid dienone is 2. The normalized spacial score (nSPS) is 14.1. The highest BCUT2D eigenvalue weighted by atomic mass is 16.1. The summed E-state index contributed by atoms with van der Waals surface area (Å²) < 4.78 is 0. The SMILES string of the molecule is C=C/C=C(/C(=O)CNC1Cc2cc(CC)c(CC)cc2C1)c1ccc(N)nc1C. The molecule has 152 valence electrons. The molecule has 1 heterocycles. The number of rotatable bonds is 8. The Morgan fingerprint density at radius 3 is 2.34 bits per heavy atom. The first-order valence-electron chi connectivity index (χ1n) is 10.4. The Balaban J connectivity index is 1.69. The average molecular weight is 390 g/mol. The second kappa shape index (κ2) is 9.19. The summed E-state index contributed by atoms with van der Waals surface area (Å²) in [5, 5.41) is 3.47. The van der Waals surface area contributed by atoms with Gasteiger partial charge in [-0.25, -0.2) is 4.98 Å². The van der Waals surface area contributed by atoms with Crippen molar-refractivity contribution in [2.45, 2.75) is 52.5 Å². The lowest BCUT2D eigenvalue weighted by molar-refractivity contribution is -0.113. The van der Waals surface area contributed by atoms with E-state index in [4.69, 9.17) is 5.73 Å². The summed E-state index contributed by atoms with van der Waals surface area (Å²) in [6.07, 6.45) is 7.49. The zero-order chi connectivity index (χ0) is 21.0. The lowest BCUT2D eigenvalue weighted by atomic mass is 9.97. The number of hydrogen-bond donors (Lipinski definition) is 2. The summed E-state index contributed by atoms with van der Waals surface area (Å²) in [6.45, 7) is 10.4. The molecule has 1 aliphatic rings. The van der Waals surface area contributed by atoms with Crippen LogP contribution in [0.25, 0.3) is 5.57 Å². The van der Waals surface area contributed by atoms with Gasteiger partial charge in [-0.2, -0.15) is 0 Å². The van der Waals surface area contributed by atoms with Crippen LogP contribution in [0, 0.1) is 6.92 Å². The highest BCUT2D eigenvalue weighted by Gasteiger charge is 2.24. The van der Waals surface area contributed by atoms with E-state index in [1.54, 1.807) is 18.2 Å². The molecule has 29 heavy (non-hydrogen) atoms. The molecule has 4 nitrogen and oxygen atoms in total. The van der Waals surface area contributed by atoms with Gasteiger partial charge in [0.05, 0.1) is 6.54 Å². The standard InChI is InChI=1S/C25H31N3O/c1-5-8-23(22-9-10-25(26)28-16(22)4)24(29)15-27-21-13-19-11-17(6-2)18(7-3)12-20(19)14-21/h5,8-12,21,27H,1,6-7,13-15H2,2-4H3,(H2,26,28)/b23-8+. The number of nitrogens with one attached hydrogen (secondary N) is 1. The van der Waals surface area contributed by atoms with Crippen LogP contribution in [0.3, 0.4) is 0 Å². The van der Waals surface area contributed by atoms with Crippen molar-refractivity contribution in [3.05, 3.63) is 76.5 Å². The number of nitrogens with two attached hydrogens (primary N) is 1. The van der Waals surface area contributed by atoms with Gasteiger partial charge in [-0.3, -0.25) is 4.79 Å². The minimum atomic E-state index is 0.0408. The largest absolute Gasteiger partial charge is 0.384 e. The molecule has 3 N–H and O–H groups in total. The Morgan fingerprint density at radius 2 is 1.83 bits per heavy atom. The number of ketones is 1. The molecule has 0 saturated carbocycles. The maximum atomic E-state index is 13.0. The maximum Gasteiger partial charge on any atom is 0.177 e. The Morgan fingerprint density at radius 1 is 1.21 bits per heavy atom. The Bertz CT molecular complexity index is 926. The van der Waals surface area contributed by atoms with Crippen LogP contribution in [-0.2, 0) is 30.5 Å². The van der Waals surface area contributed by atoms with Crippen LogP contribution in [0.5, 0.6) is 0 Å².